The summed E-state index contributed by atoms with van der Waals surface area (Å²) in [6.45, 7) is 3.82. The summed E-state index contributed by atoms with van der Waals surface area (Å²) < 4.78 is 0. The third-order valence-electron chi connectivity index (χ3n) is 3.99. The predicted octanol–water partition coefficient (Wildman–Crippen LogP) is 1.67. The van der Waals surface area contributed by atoms with Crippen LogP contribution in [0.1, 0.15) is 48.7 Å². The van der Waals surface area contributed by atoms with Gasteiger partial charge in [-0.2, -0.15) is 5.06 Å². The van der Waals surface area contributed by atoms with Gasteiger partial charge in [-0.25, -0.2) is 4.79 Å². The number of fused-ring (bicyclic) bond motifs is 2. The SMILES string of the molecule is CCCCON1C(=O)N2C[C@@H]1CC[C@H]2c1nnc(CN)s1. The molecule has 2 saturated heterocycles. The Morgan fingerprint density at radius 1 is 1.43 bits per heavy atom. The van der Waals surface area contributed by atoms with E-state index in [1.54, 1.807) is 5.06 Å². The van der Waals surface area contributed by atoms with Crippen molar-refractivity contribution in [3.8, 4) is 0 Å². The molecule has 0 spiro atoms. The second kappa shape index (κ2) is 6.25. The molecule has 0 aliphatic carbocycles. The number of carbonyl (C=O) groups excluding carboxylic acids is 1. The maximum absolute atomic E-state index is 12.5. The van der Waals surface area contributed by atoms with Gasteiger partial charge in [0.25, 0.3) is 0 Å². The van der Waals surface area contributed by atoms with Crippen LogP contribution in [0, 0.1) is 0 Å². The number of hydroxylamine groups is 2. The zero-order valence-corrected chi connectivity index (χ0v) is 13.0. The first-order valence-corrected chi connectivity index (χ1v) is 8.31. The van der Waals surface area contributed by atoms with E-state index in [9.17, 15) is 4.79 Å². The van der Waals surface area contributed by atoms with Crippen molar-refractivity contribution in [1.82, 2.24) is 20.2 Å². The van der Waals surface area contributed by atoms with Gasteiger partial charge in [-0.15, -0.1) is 10.2 Å². The van der Waals surface area contributed by atoms with Crippen molar-refractivity contribution in [2.75, 3.05) is 13.2 Å². The molecule has 116 valence electrons. The smallest absolute Gasteiger partial charge is 0.324 e. The van der Waals surface area contributed by atoms with Crippen LogP contribution in [0.2, 0.25) is 0 Å². The molecule has 2 fully saturated rings. The number of urea groups is 1. The Morgan fingerprint density at radius 2 is 2.29 bits per heavy atom. The standard InChI is InChI=1S/C13H21N5O2S/c1-2-3-6-20-18-9-4-5-10(17(8-9)13(18)19)12-16-15-11(7-14)21-12/h9-10H,2-8,14H2,1H3/t9-,10-/m0/s1. The summed E-state index contributed by atoms with van der Waals surface area (Å²) in [5, 5.41) is 11.5. The van der Waals surface area contributed by atoms with Gasteiger partial charge in [0.1, 0.15) is 10.0 Å². The lowest BCUT2D eigenvalue weighted by Crippen LogP contribution is -2.34. The van der Waals surface area contributed by atoms with Gasteiger partial charge >= 0.3 is 6.03 Å². The number of amides is 2. The number of nitrogens with two attached hydrogens (primary N) is 1. The van der Waals surface area contributed by atoms with Crippen LogP contribution in [-0.4, -0.2) is 45.4 Å². The number of carbonyl (C=O) groups is 1. The van der Waals surface area contributed by atoms with E-state index in [0.717, 1.165) is 35.7 Å². The molecule has 1 aromatic heterocycles. The highest BCUT2D eigenvalue weighted by Gasteiger charge is 2.46. The van der Waals surface area contributed by atoms with Gasteiger partial charge in [0.05, 0.1) is 18.7 Å². The van der Waals surface area contributed by atoms with Gasteiger partial charge in [-0.3, -0.25) is 4.84 Å². The number of nitrogens with zero attached hydrogens (tertiary/aromatic N) is 4. The zero-order valence-electron chi connectivity index (χ0n) is 12.2. The average Bonchev–Trinajstić information content (AvgIpc) is 3.07. The molecule has 21 heavy (non-hydrogen) atoms. The van der Waals surface area contributed by atoms with Crippen molar-refractivity contribution in [3.63, 3.8) is 0 Å². The van der Waals surface area contributed by atoms with Gasteiger partial charge in [0.2, 0.25) is 0 Å². The first-order chi connectivity index (χ1) is 10.2. The largest absolute Gasteiger partial charge is 0.344 e. The predicted molar refractivity (Wildman–Crippen MR) is 78.4 cm³/mol. The molecule has 0 unspecified atom stereocenters. The molecule has 0 aromatic carbocycles. The van der Waals surface area contributed by atoms with Gasteiger partial charge in [-0.1, -0.05) is 24.7 Å². The lowest BCUT2D eigenvalue weighted by molar-refractivity contribution is -0.130. The van der Waals surface area contributed by atoms with Crippen molar-refractivity contribution in [2.45, 2.75) is 51.2 Å². The van der Waals surface area contributed by atoms with Crippen LogP contribution in [0.25, 0.3) is 0 Å². The highest BCUT2D eigenvalue weighted by molar-refractivity contribution is 7.11. The summed E-state index contributed by atoms with van der Waals surface area (Å²) in [6.07, 6.45) is 3.88. The van der Waals surface area contributed by atoms with E-state index in [1.807, 2.05) is 4.90 Å². The van der Waals surface area contributed by atoms with Crippen molar-refractivity contribution in [1.29, 1.82) is 0 Å². The molecular formula is C13H21N5O2S. The second-order valence-electron chi connectivity index (χ2n) is 5.43. The molecule has 2 atom stereocenters. The van der Waals surface area contributed by atoms with Crippen molar-refractivity contribution >= 4 is 17.4 Å². The van der Waals surface area contributed by atoms with Gasteiger partial charge in [0, 0.05) is 13.1 Å². The van der Waals surface area contributed by atoms with Crippen LogP contribution < -0.4 is 5.73 Å². The molecule has 2 aliphatic rings. The van der Waals surface area contributed by atoms with Crippen molar-refractivity contribution in [3.05, 3.63) is 10.0 Å². The third kappa shape index (κ3) is 2.75. The first-order valence-electron chi connectivity index (χ1n) is 7.49. The Balaban J connectivity index is 1.70. The molecule has 2 bridgehead atoms. The fraction of sp³-hybridized carbons (Fsp3) is 0.769. The van der Waals surface area contributed by atoms with Crippen LogP contribution in [-0.2, 0) is 11.4 Å². The number of unbranched alkanes of at least 4 members (excludes halogenated alkanes) is 1. The Labute approximate surface area is 128 Å². The van der Waals surface area contributed by atoms with E-state index in [2.05, 4.69) is 17.1 Å². The summed E-state index contributed by atoms with van der Waals surface area (Å²) in [5.74, 6) is 0. The normalized spacial score (nSPS) is 25.0. The molecule has 3 heterocycles. The zero-order chi connectivity index (χ0) is 14.8. The van der Waals surface area contributed by atoms with E-state index in [4.69, 9.17) is 10.6 Å². The minimum Gasteiger partial charge on any atom is -0.324 e. The Bertz CT molecular complexity index is 509. The minimum atomic E-state index is -0.0388. The lowest BCUT2D eigenvalue weighted by atomic mass is 10.0. The topological polar surface area (TPSA) is 84.6 Å². The molecule has 2 aliphatic heterocycles. The van der Waals surface area contributed by atoms with Crippen molar-refractivity contribution in [2.24, 2.45) is 5.73 Å². The Hall–Kier alpha value is -1.25. The molecule has 2 N–H and O–H groups in total. The minimum absolute atomic E-state index is 0.0197. The van der Waals surface area contributed by atoms with Crippen LogP contribution in [0.4, 0.5) is 4.79 Å². The van der Waals surface area contributed by atoms with Crippen LogP contribution in [0.15, 0.2) is 0 Å². The van der Waals surface area contributed by atoms with Crippen LogP contribution in [0.5, 0.6) is 0 Å². The van der Waals surface area contributed by atoms with Crippen LogP contribution in [0.3, 0.4) is 0 Å². The Kier molecular flexibility index (Phi) is 4.37. The van der Waals surface area contributed by atoms with E-state index < -0.39 is 0 Å². The quantitative estimate of drug-likeness (QED) is 0.808. The molecule has 1 aromatic rings. The fourth-order valence-corrected chi connectivity index (χ4v) is 3.71. The molecule has 7 nitrogen and oxygen atoms in total. The number of rotatable bonds is 6. The molecule has 2 amide bonds. The van der Waals surface area contributed by atoms with Crippen molar-refractivity contribution < 1.29 is 9.63 Å². The number of aromatic nitrogens is 2. The third-order valence-corrected chi connectivity index (χ3v) is 5.04. The lowest BCUT2D eigenvalue weighted by Gasteiger charge is -2.28. The van der Waals surface area contributed by atoms with E-state index >= 15 is 0 Å². The number of hydrogen-bond acceptors (Lipinski definition) is 6. The summed E-state index contributed by atoms with van der Waals surface area (Å²) in [7, 11) is 0. The average molecular weight is 311 g/mol. The maximum atomic E-state index is 12.5. The summed E-state index contributed by atoms with van der Waals surface area (Å²) in [4.78, 5) is 20.0. The molecular weight excluding hydrogens is 290 g/mol. The molecule has 0 saturated carbocycles. The highest BCUT2D eigenvalue weighted by Crippen LogP contribution is 2.39. The van der Waals surface area contributed by atoms with Gasteiger partial charge in [-0.05, 0) is 19.3 Å². The maximum Gasteiger partial charge on any atom is 0.344 e. The van der Waals surface area contributed by atoms with E-state index in [-0.39, 0.29) is 18.1 Å². The van der Waals surface area contributed by atoms with E-state index in [1.165, 1.54) is 11.3 Å². The number of hydrogen-bond donors (Lipinski definition) is 1. The van der Waals surface area contributed by atoms with Gasteiger partial charge < -0.3 is 10.6 Å². The number of piperidine rings is 1. The monoisotopic (exact) mass is 311 g/mol. The van der Waals surface area contributed by atoms with Crippen LogP contribution >= 0.6 is 11.3 Å². The second-order valence-corrected chi connectivity index (χ2v) is 6.53. The molecule has 0 radical (unpaired) electrons. The fourth-order valence-electron chi connectivity index (χ4n) is 2.85. The molecule has 8 heteroatoms. The highest BCUT2D eigenvalue weighted by atomic mass is 32.1. The molecule has 3 rings (SSSR count). The summed E-state index contributed by atoms with van der Waals surface area (Å²) >= 11 is 1.50. The summed E-state index contributed by atoms with van der Waals surface area (Å²) in [5.41, 5.74) is 5.58. The summed E-state index contributed by atoms with van der Waals surface area (Å²) in [6, 6.07) is 0.155. The van der Waals surface area contributed by atoms with E-state index in [0.29, 0.717) is 19.7 Å². The Morgan fingerprint density at radius 3 is 3.00 bits per heavy atom. The van der Waals surface area contributed by atoms with Gasteiger partial charge in [0.15, 0.2) is 0 Å². The first kappa shape index (κ1) is 14.7.